The lowest BCUT2D eigenvalue weighted by Gasteiger charge is -2.04. The first-order valence-corrected chi connectivity index (χ1v) is 5.25. The first-order valence-electron chi connectivity index (χ1n) is 4.46. The summed E-state index contributed by atoms with van der Waals surface area (Å²) in [5.41, 5.74) is -0.0815. The van der Waals surface area contributed by atoms with Gasteiger partial charge >= 0.3 is 0 Å². The van der Waals surface area contributed by atoms with Crippen molar-refractivity contribution in [2.24, 2.45) is 0 Å². The van der Waals surface area contributed by atoms with Gasteiger partial charge in [0.15, 0.2) is 5.82 Å². The Morgan fingerprint density at radius 3 is 2.94 bits per heavy atom. The van der Waals surface area contributed by atoms with Crippen molar-refractivity contribution in [3.63, 3.8) is 0 Å². The Morgan fingerprint density at radius 2 is 2.35 bits per heavy atom. The summed E-state index contributed by atoms with van der Waals surface area (Å²) in [6.45, 7) is 0.319. The van der Waals surface area contributed by atoms with Crippen LogP contribution in [0.15, 0.2) is 27.7 Å². The average molecular weight is 300 g/mol. The highest BCUT2D eigenvalue weighted by Crippen LogP contribution is 2.24. The minimum Gasteiger partial charge on any atom is -0.362 e. The predicted molar refractivity (Wildman–Crippen MR) is 60.2 cm³/mol. The number of pyridine rings is 1. The number of halogens is 1. The smallest absolute Gasteiger partial charge is 0.288 e. The zero-order chi connectivity index (χ0) is 12.3. The molecule has 0 unspecified atom stereocenters. The summed E-state index contributed by atoms with van der Waals surface area (Å²) in [6, 6.07) is 1.37. The maximum Gasteiger partial charge on any atom is 0.288 e. The van der Waals surface area contributed by atoms with Gasteiger partial charge in [0.25, 0.3) is 5.69 Å². The number of hydrogen-bond donors (Lipinski definition) is 1. The first-order chi connectivity index (χ1) is 8.16. The fraction of sp³-hybridized carbons (Fsp3) is 0.125. The molecule has 2 aromatic heterocycles. The van der Waals surface area contributed by atoms with Gasteiger partial charge in [-0.25, -0.2) is 4.98 Å². The third kappa shape index (κ3) is 2.75. The molecule has 0 aromatic carbocycles. The number of nitro groups is 1. The third-order valence-electron chi connectivity index (χ3n) is 1.86. The molecule has 9 heteroatoms. The molecule has 0 aliphatic carbocycles. The molecule has 8 nitrogen and oxygen atoms in total. The van der Waals surface area contributed by atoms with Crippen molar-refractivity contribution >= 4 is 27.4 Å². The van der Waals surface area contributed by atoms with Crippen molar-refractivity contribution in [3.8, 4) is 0 Å². The fourth-order valence-corrected chi connectivity index (χ4v) is 1.57. The number of hydrogen-bond acceptors (Lipinski definition) is 7. The zero-order valence-electron chi connectivity index (χ0n) is 8.33. The Hall–Kier alpha value is -2.03. The summed E-state index contributed by atoms with van der Waals surface area (Å²) < 4.78 is 5.06. The second-order valence-corrected chi connectivity index (χ2v) is 3.84. The number of anilines is 1. The average Bonchev–Trinajstić information content (AvgIpc) is 2.80. The maximum atomic E-state index is 10.5. The van der Waals surface area contributed by atoms with Crippen LogP contribution in [0.2, 0.25) is 0 Å². The molecular weight excluding hydrogens is 294 g/mol. The standard InChI is InChI=1S/C8H6BrN5O3/c9-6-1-5(14(15)16)2-10-8(6)11-3-7-12-4-17-13-7/h1-2,4H,3H2,(H,10,11). The predicted octanol–water partition coefficient (Wildman–Crippen LogP) is 1.75. The van der Waals surface area contributed by atoms with Crippen LogP contribution in [0.25, 0.3) is 0 Å². The number of nitrogens with zero attached hydrogens (tertiary/aromatic N) is 4. The van der Waals surface area contributed by atoms with E-state index >= 15 is 0 Å². The van der Waals surface area contributed by atoms with E-state index in [1.54, 1.807) is 0 Å². The summed E-state index contributed by atoms with van der Waals surface area (Å²) in [5.74, 6) is 0.942. The second-order valence-electron chi connectivity index (χ2n) is 2.98. The Bertz CT molecular complexity index is 530. The van der Waals surface area contributed by atoms with Crippen LogP contribution in [0, 0.1) is 10.1 Å². The SMILES string of the molecule is O=[N+]([O-])c1cnc(NCc2ncon2)c(Br)c1. The quantitative estimate of drug-likeness (QED) is 0.677. The van der Waals surface area contributed by atoms with E-state index in [-0.39, 0.29) is 5.69 Å². The highest BCUT2D eigenvalue weighted by molar-refractivity contribution is 9.10. The van der Waals surface area contributed by atoms with Gasteiger partial charge in [0.05, 0.1) is 15.9 Å². The monoisotopic (exact) mass is 299 g/mol. The molecule has 0 aliphatic heterocycles. The molecule has 88 valence electrons. The van der Waals surface area contributed by atoms with Crippen LogP contribution >= 0.6 is 15.9 Å². The lowest BCUT2D eigenvalue weighted by atomic mass is 10.4. The number of nitrogens with one attached hydrogen (secondary N) is 1. The summed E-state index contributed by atoms with van der Waals surface area (Å²) in [5, 5.41) is 17.0. The van der Waals surface area contributed by atoms with E-state index in [1.807, 2.05) is 0 Å². The van der Waals surface area contributed by atoms with Crippen molar-refractivity contribution < 1.29 is 9.45 Å². The summed E-state index contributed by atoms with van der Waals surface area (Å²) >= 11 is 3.19. The van der Waals surface area contributed by atoms with E-state index in [2.05, 4.69) is 40.9 Å². The molecule has 0 atom stereocenters. The Balaban J connectivity index is 2.09. The van der Waals surface area contributed by atoms with Crippen molar-refractivity contribution in [2.45, 2.75) is 6.54 Å². The third-order valence-corrected chi connectivity index (χ3v) is 2.46. The van der Waals surface area contributed by atoms with E-state index in [1.165, 1.54) is 18.7 Å². The lowest BCUT2D eigenvalue weighted by Crippen LogP contribution is -2.04. The first kappa shape index (κ1) is 11.5. The van der Waals surface area contributed by atoms with E-state index in [9.17, 15) is 10.1 Å². The summed E-state index contributed by atoms with van der Waals surface area (Å²) in [6.07, 6.45) is 2.39. The van der Waals surface area contributed by atoms with Crippen LogP contribution in [0.4, 0.5) is 11.5 Å². The normalized spacial score (nSPS) is 10.2. The van der Waals surface area contributed by atoms with Crippen molar-refractivity contribution in [1.82, 2.24) is 15.1 Å². The molecule has 1 N–H and O–H groups in total. The largest absolute Gasteiger partial charge is 0.362 e. The summed E-state index contributed by atoms with van der Waals surface area (Å²) in [7, 11) is 0. The van der Waals surface area contributed by atoms with Gasteiger partial charge in [-0.3, -0.25) is 10.1 Å². The van der Waals surface area contributed by atoms with Gasteiger partial charge in [-0.15, -0.1) is 0 Å². The van der Waals surface area contributed by atoms with Crippen LogP contribution in [0.3, 0.4) is 0 Å². The molecule has 0 amide bonds. The fourth-order valence-electron chi connectivity index (χ4n) is 1.09. The molecular formula is C8H6BrN5O3. The van der Waals surface area contributed by atoms with Gasteiger partial charge < -0.3 is 9.84 Å². The van der Waals surface area contributed by atoms with Crippen molar-refractivity contribution in [2.75, 3.05) is 5.32 Å². The number of aromatic nitrogens is 3. The lowest BCUT2D eigenvalue weighted by molar-refractivity contribution is -0.385. The Labute approximate surface area is 103 Å². The molecule has 0 saturated carbocycles. The molecule has 0 fully saturated rings. The Kier molecular flexibility index (Phi) is 3.28. The van der Waals surface area contributed by atoms with Gasteiger partial charge in [0, 0.05) is 6.07 Å². The molecule has 0 bridgehead atoms. The van der Waals surface area contributed by atoms with Gasteiger partial charge in [-0.05, 0) is 15.9 Å². The van der Waals surface area contributed by atoms with E-state index in [0.29, 0.717) is 22.7 Å². The minimum absolute atomic E-state index is 0.0815. The number of rotatable bonds is 4. The molecule has 0 saturated heterocycles. The maximum absolute atomic E-state index is 10.5. The molecule has 0 radical (unpaired) electrons. The molecule has 2 aromatic rings. The zero-order valence-corrected chi connectivity index (χ0v) is 9.92. The minimum atomic E-state index is -0.513. The van der Waals surface area contributed by atoms with Crippen LogP contribution in [0.5, 0.6) is 0 Å². The van der Waals surface area contributed by atoms with Crippen LogP contribution in [0.1, 0.15) is 5.82 Å². The molecule has 0 aliphatic rings. The van der Waals surface area contributed by atoms with E-state index in [4.69, 9.17) is 0 Å². The highest BCUT2D eigenvalue weighted by Gasteiger charge is 2.10. The topological polar surface area (TPSA) is 107 Å². The summed E-state index contributed by atoms with van der Waals surface area (Å²) in [4.78, 5) is 17.7. The molecule has 0 spiro atoms. The Morgan fingerprint density at radius 1 is 1.53 bits per heavy atom. The van der Waals surface area contributed by atoms with E-state index in [0.717, 1.165) is 0 Å². The van der Waals surface area contributed by atoms with Gasteiger partial charge in [0.1, 0.15) is 12.0 Å². The molecule has 2 rings (SSSR count). The van der Waals surface area contributed by atoms with Crippen molar-refractivity contribution in [1.29, 1.82) is 0 Å². The van der Waals surface area contributed by atoms with Crippen molar-refractivity contribution in [3.05, 3.63) is 39.1 Å². The van der Waals surface area contributed by atoms with Crippen LogP contribution in [-0.2, 0) is 6.54 Å². The van der Waals surface area contributed by atoms with Crippen LogP contribution < -0.4 is 5.32 Å². The van der Waals surface area contributed by atoms with E-state index < -0.39 is 4.92 Å². The second kappa shape index (κ2) is 4.87. The molecule has 2 heterocycles. The van der Waals surface area contributed by atoms with Gasteiger partial charge in [-0.1, -0.05) is 5.16 Å². The van der Waals surface area contributed by atoms with Gasteiger partial charge in [-0.2, -0.15) is 4.98 Å². The highest BCUT2D eigenvalue weighted by atomic mass is 79.9. The van der Waals surface area contributed by atoms with Gasteiger partial charge in [0.2, 0.25) is 6.39 Å². The van der Waals surface area contributed by atoms with Crippen LogP contribution in [-0.4, -0.2) is 20.0 Å². The molecule has 17 heavy (non-hydrogen) atoms.